The van der Waals surface area contributed by atoms with Crippen molar-refractivity contribution in [2.24, 2.45) is 7.05 Å². The zero-order chi connectivity index (χ0) is 9.26. The van der Waals surface area contributed by atoms with Gasteiger partial charge in [-0.1, -0.05) is 5.21 Å². The second-order valence-electron chi connectivity index (χ2n) is 2.88. The van der Waals surface area contributed by atoms with Gasteiger partial charge in [-0.05, 0) is 19.1 Å². The van der Waals surface area contributed by atoms with Crippen molar-refractivity contribution in [1.29, 1.82) is 0 Å². The Balaban J connectivity index is 2.59. The Labute approximate surface area is 76.2 Å². The second-order valence-corrected chi connectivity index (χ2v) is 2.88. The van der Waals surface area contributed by atoms with E-state index in [9.17, 15) is 0 Å². The fourth-order valence-corrected chi connectivity index (χ4v) is 1.37. The van der Waals surface area contributed by atoms with Crippen LogP contribution < -0.4 is 0 Å². The van der Waals surface area contributed by atoms with E-state index >= 15 is 0 Å². The molecule has 66 valence electrons. The highest BCUT2D eigenvalue weighted by Crippen LogP contribution is 2.19. The number of aromatic nitrogens is 4. The molecule has 0 radical (unpaired) electrons. The van der Waals surface area contributed by atoms with Gasteiger partial charge in [0.2, 0.25) is 0 Å². The second kappa shape index (κ2) is 2.97. The van der Waals surface area contributed by atoms with E-state index in [1.807, 2.05) is 26.1 Å². The summed E-state index contributed by atoms with van der Waals surface area (Å²) < 4.78 is 1.77. The molecule has 0 aliphatic rings. The van der Waals surface area contributed by atoms with Gasteiger partial charge in [0.15, 0.2) is 0 Å². The minimum absolute atomic E-state index is 0.939. The molecule has 0 aromatic carbocycles. The number of hydrogen-bond donors (Lipinski definition) is 0. The molecule has 2 aromatic heterocycles. The van der Waals surface area contributed by atoms with Gasteiger partial charge in [0.1, 0.15) is 0 Å². The third-order valence-corrected chi connectivity index (χ3v) is 1.95. The van der Waals surface area contributed by atoms with E-state index in [2.05, 4.69) is 15.3 Å². The summed E-state index contributed by atoms with van der Waals surface area (Å²) in [6.07, 6.45) is 3.53. The molecule has 0 saturated heterocycles. The van der Waals surface area contributed by atoms with Crippen molar-refractivity contribution >= 4 is 0 Å². The molecule has 0 fully saturated rings. The molecule has 0 atom stereocenters. The fourth-order valence-electron chi connectivity index (χ4n) is 1.37. The van der Waals surface area contributed by atoms with Crippen LogP contribution in [0.15, 0.2) is 24.5 Å². The van der Waals surface area contributed by atoms with E-state index in [1.165, 1.54) is 0 Å². The van der Waals surface area contributed by atoms with Gasteiger partial charge >= 0.3 is 0 Å². The third-order valence-electron chi connectivity index (χ3n) is 1.95. The number of nitrogens with zero attached hydrogens (tertiary/aromatic N) is 4. The number of hydrogen-bond acceptors (Lipinski definition) is 3. The molecular formula is C9H10N4. The maximum atomic E-state index is 3.99. The highest BCUT2D eigenvalue weighted by atomic mass is 15.4. The number of aryl methyl sites for hydroxylation is 2. The summed E-state index contributed by atoms with van der Waals surface area (Å²) in [5.74, 6) is 0. The van der Waals surface area contributed by atoms with Crippen LogP contribution in [-0.2, 0) is 7.05 Å². The number of pyridine rings is 1. The van der Waals surface area contributed by atoms with Gasteiger partial charge in [-0.15, -0.1) is 5.10 Å². The molecule has 2 rings (SSSR count). The highest BCUT2D eigenvalue weighted by molar-refractivity contribution is 5.60. The van der Waals surface area contributed by atoms with Crippen LogP contribution in [0.4, 0.5) is 0 Å². The Bertz CT molecular complexity index is 385. The first kappa shape index (κ1) is 7.91. The minimum atomic E-state index is 0.939. The van der Waals surface area contributed by atoms with Gasteiger partial charge in [-0.25, -0.2) is 4.68 Å². The Kier molecular flexibility index (Phi) is 1.81. The molecule has 2 heterocycles. The summed E-state index contributed by atoms with van der Waals surface area (Å²) >= 11 is 0. The van der Waals surface area contributed by atoms with Crippen LogP contribution in [0.2, 0.25) is 0 Å². The van der Waals surface area contributed by atoms with E-state index in [-0.39, 0.29) is 0 Å². The molecule has 0 bridgehead atoms. The van der Waals surface area contributed by atoms with Gasteiger partial charge in [-0.3, -0.25) is 4.98 Å². The van der Waals surface area contributed by atoms with Crippen LogP contribution in [0.3, 0.4) is 0 Å². The lowest BCUT2D eigenvalue weighted by molar-refractivity contribution is 0.719. The SMILES string of the molecule is Cc1nnn(C)c1-c1ccncc1. The summed E-state index contributed by atoms with van der Waals surface area (Å²) in [6.45, 7) is 1.95. The predicted molar refractivity (Wildman–Crippen MR) is 49.0 cm³/mol. The standard InChI is InChI=1S/C9H10N4/c1-7-9(13(2)12-11-7)8-3-5-10-6-4-8/h3-6H,1-2H3. The largest absolute Gasteiger partial charge is 0.265 e. The zero-order valence-corrected chi connectivity index (χ0v) is 7.60. The van der Waals surface area contributed by atoms with Gasteiger partial charge in [0.25, 0.3) is 0 Å². The van der Waals surface area contributed by atoms with Gasteiger partial charge in [-0.2, -0.15) is 0 Å². The molecule has 0 aliphatic carbocycles. The smallest absolute Gasteiger partial charge is 0.0912 e. The van der Waals surface area contributed by atoms with Gasteiger partial charge in [0.05, 0.1) is 11.4 Å². The van der Waals surface area contributed by atoms with E-state index < -0.39 is 0 Å². The summed E-state index contributed by atoms with van der Waals surface area (Å²) in [5.41, 5.74) is 3.08. The quantitative estimate of drug-likeness (QED) is 0.652. The van der Waals surface area contributed by atoms with E-state index in [0.717, 1.165) is 17.0 Å². The Morgan fingerprint density at radius 2 is 1.92 bits per heavy atom. The Morgan fingerprint density at radius 3 is 2.46 bits per heavy atom. The summed E-state index contributed by atoms with van der Waals surface area (Å²) in [7, 11) is 1.88. The van der Waals surface area contributed by atoms with Crippen LogP contribution in [-0.4, -0.2) is 20.0 Å². The van der Waals surface area contributed by atoms with E-state index in [0.29, 0.717) is 0 Å². The van der Waals surface area contributed by atoms with Crippen molar-refractivity contribution in [1.82, 2.24) is 20.0 Å². The molecular weight excluding hydrogens is 164 g/mol. The first-order valence-corrected chi connectivity index (χ1v) is 4.05. The van der Waals surface area contributed by atoms with Crippen molar-refractivity contribution in [2.75, 3.05) is 0 Å². The minimum Gasteiger partial charge on any atom is -0.265 e. The normalized spacial score (nSPS) is 10.3. The average molecular weight is 174 g/mol. The lowest BCUT2D eigenvalue weighted by Crippen LogP contribution is -1.94. The third kappa shape index (κ3) is 1.30. The number of rotatable bonds is 1. The molecule has 4 heteroatoms. The molecule has 4 nitrogen and oxygen atoms in total. The topological polar surface area (TPSA) is 43.6 Å². The van der Waals surface area contributed by atoms with Crippen LogP contribution in [0.5, 0.6) is 0 Å². The first-order valence-electron chi connectivity index (χ1n) is 4.05. The van der Waals surface area contributed by atoms with E-state index in [4.69, 9.17) is 0 Å². The molecule has 13 heavy (non-hydrogen) atoms. The molecule has 0 amide bonds. The predicted octanol–water partition coefficient (Wildman–Crippen LogP) is 1.19. The summed E-state index contributed by atoms with van der Waals surface area (Å²) in [5, 5.41) is 7.92. The van der Waals surface area contributed by atoms with Crippen molar-refractivity contribution < 1.29 is 0 Å². The molecule has 0 spiro atoms. The van der Waals surface area contributed by atoms with Crippen molar-refractivity contribution in [2.45, 2.75) is 6.92 Å². The van der Waals surface area contributed by atoms with Crippen LogP contribution in [0.25, 0.3) is 11.3 Å². The molecule has 0 N–H and O–H groups in total. The zero-order valence-electron chi connectivity index (χ0n) is 7.60. The van der Waals surface area contributed by atoms with Gasteiger partial charge in [0, 0.05) is 25.0 Å². The molecule has 0 unspecified atom stereocenters. The first-order chi connectivity index (χ1) is 6.29. The molecule has 0 aliphatic heterocycles. The van der Waals surface area contributed by atoms with E-state index in [1.54, 1.807) is 17.1 Å². The van der Waals surface area contributed by atoms with Crippen LogP contribution >= 0.6 is 0 Å². The van der Waals surface area contributed by atoms with Crippen LogP contribution in [0.1, 0.15) is 5.69 Å². The summed E-state index contributed by atoms with van der Waals surface area (Å²) in [4.78, 5) is 3.96. The van der Waals surface area contributed by atoms with Crippen molar-refractivity contribution in [3.8, 4) is 11.3 Å². The molecule has 0 saturated carbocycles. The molecule has 2 aromatic rings. The lowest BCUT2D eigenvalue weighted by Gasteiger charge is -2.00. The Morgan fingerprint density at radius 1 is 1.23 bits per heavy atom. The van der Waals surface area contributed by atoms with Crippen molar-refractivity contribution in [3.05, 3.63) is 30.2 Å². The summed E-state index contributed by atoms with van der Waals surface area (Å²) in [6, 6.07) is 3.90. The highest BCUT2D eigenvalue weighted by Gasteiger charge is 2.07. The Hall–Kier alpha value is -1.71. The average Bonchev–Trinajstić information content (AvgIpc) is 2.48. The fraction of sp³-hybridized carbons (Fsp3) is 0.222. The van der Waals surface area contributed by atoms with Crippen molar-refractivity contribution in [3.63, 3.8) is 0 Å². The maximum absolute atomic E-state index is 3.99. The maximum Gasteiger partial charge on any atom is 0.0912 e. The van der Waals surface area contributed by atoms with Crippen LogP contribution in [0, 0.1) is 6.92 Å². The monoisotopic (exact) mass is 174 g/mol. The lowest BCUT2D eigenvalue weighted by atomic mass is 10.2. The van der Waals surface area contributed by atoms with Gasteiger partial charge < -0.3 is 0 Å².